The number of aromatic nitrogens is 5. The largest absolute Gasteiger partial charge is 0.356 e. The van der Waals surface area contributed by atoms with E-state index in [0.29, 0.717) is 11.8 Å². The molecular formula is C17H24N6. The van der Waals surface area contributed by atoms with Gasteiger partial charge in [0, 0.05) is 44.2 Å². The fraction of sp³-hybridized carbons (Fsp3) is 0.647. The maximum absolute atomic E-state index is 4.82. The standard InChI is InChI=1S/C17H24N6/c1-12-9-15(20-17(19-12)14-3-4-14)23-7-5-13(6-8-23)10-16-21-18-11-22(16)2/h9,11,13-14H,3-8,10H2,1-2H3. The summed E-state index contributed by atoms with van der Waals surface area (Å²) in [5.74, 6) is 4.58. The Morgan fingerprint density at radius 3 is 2.57 bits per heavy atom. The van der Waals surface area contributed by atoms with Gasteiger partial charge < -0.3 is 9.47 Å². The number of rotatable bonds is 4. The van der Waals surface area contributed by atoms with Gasteiger partial charge in [0.25, 0.3) is 0 Å². The van der Waals surface area contributed by atoms with Crippen LogP contribution in [-0.2, 0) is 13.5 Å². The first-order valence-corrected chi connectivity index (χ1v) is 8.62. The summed E-state index contributed by atoms with van der Waals surface area (Å²) in [6.07, 6.45) is 7.70. The molecule has 0 N–H and O–H groups in total. The Kier molecular flexibility index (Phi) is 3.75. The molecule has 2 aliphatic rings. The van der Waals surface area contributed by atoms with Crippen LogP contribution in [0.25, 0.3) is 0 Å². The average Bonchev–Trinajstić information content (AvgIpc) is 3.32. The third kappa shape index (κ3) is 3.21. The number of piperidine rings is 1. The van der Waals surface area contributed by atoms with Crippen molar-refractivity contribution in [1.82, 2.24) is 24.7 Å². The minimum Gasteiger partial charge on any atom is -0.356 e. The van der Waals surface area contributed by atoms with Crippen LogP contribution in [0.15, 0.2) is 12.4 Å². The van der Waals surface area contributed by atoms with E-state index in [1.807, 2.05) is 11.6 Å². The molecule has 1 aliphatic carbocycles. The van der Waals surface area contributed by atoms with Crippen molar-refractivity contribution in [1.29, 1.82) is 0 Å². The highest BCUT2D eigenvalue weighted by Gasteiger charge is 2.28. The van der Waals surface area contributed by atoms with Crippen LogP contribution in [-0.4, -0.2) is 37.8 Å². The number of hydrogen-bond donors (Lipinski definition) is 0. The van der Waals surface area contributed by atoms with E-state index in [1.54, 1.807) is 6.33 Å². The van der Waals surface area contributed by atoms with Crippen LogP contribution in [0.2, 0.25) is 0 Å². The Morgan fingerprint density at radius 1 is 1.13 bits per heavy atom. The SMILES string of the molecule is Cc1cc(N2CCC(Cc3nncn3C)CC2)nc(C2CC2)n1. The quantitative estimate of drug-likeness (QED) is 0.866. The molecule has 6 nitrogen and oxygen atoms in total. The van der Waals surface area contributed by atoms with Gasteiger partial charge in [-0.05, 0) is 38.5 Å². The minimum atomic E-state index is 0.613. The molecule has 4 rings (SSSR count). The zero-order valence-corrected chi connectivity index (χ0v) is 13.9. The highest BCUT2D eigenvalue weighted by atomic mass is 15.2. The van der Waals surface area contributed by atoms with Crippen molar-refractivity contribution in [3.05, 3.63) is 29.7 Å². The highest BCUT2D eigenvalue weighted by Crippen LogP contribution is 2.38. The van der Waals surface area contributed by atoms with Gasteiger partial charge in [0.15, 0.2) is 0 Å². The summed E-state index contributed by atoms with van der Waals surface area (Å²) in [6.45, 7) is 4.23. The molecule has 3 heterocycles. The molecule has 1 saturated heterocycles. The first-order valence-electron chi connectivity index (χ1n) is 8.62. The maximum atomic E-state index is 4.82. The van der Waals surface area contributed by atoms with Gasteiger partial charge in [-0.3, -0.25) is 0 Å². The van der Waals surface area contributed by atoms with Gasteiger partial charge >= 0.3 is 0 Å². The lowest BCUT2D eigenvalue weighted by Gasteiger charge is -2.32. The lowest BCUT2D eigenvalue weighted by atomic mass is 9.93. The van der Waals surface area contributed by atoms with E-state index in [0.717, 1.165) is 42.7 Å². The van der Waals surface area contributed by atoms with Crippen molar-refractivity contribution in [2.45, 2.75) is 44.9 Å². The summed E-state index contributed by atoms with van der Waals surface area (Å²) in [6, 6.07) is 2.13. The van der Waals surface area contributed by atoms with E-state index in [2.05, 4.69) is 33.1 Å². The predicted molar refractivity (Wildman–Crippen MR) is 88.4 cm³/mol. The third-order valence-corrected chi connectivity index (χ3v) is 5.02. The summed E-state index contributed by atoms with van der Waals surface area (Å²) in [7, 11) is 2.02. The van der Waals surface area contributed by atoms with Crippen LogP contribution in [0.5, 0.6) is 0 Å². The van der Waals surface area contributed by atoms with E-state index in [9.17, 15) is 0 Å². The third-order valence-electron chi connectivity index (χ3n) is 5.02. The van der Waals surface area contributed by atoms with Crippen LogP contribution < -0.4 is 4.90 Å². The molecule has 0 radical (unpaired) electrons. The second-order valence-corrected chi connectivity index (χ2v) is 6.99. The topological polar surface area (TPSA) is 59.7 Å². The lowest BCUT2D eigenvalue weighted by Crippen LogP contribution is -2.35. The van der Waals surface area contributed by atoms with E-state index < -0.39 is 0 Å². The predicted octanol–water partition coefficient (Wildman–Crippen LogP) is 2.25. The first-order chi connectivity index (χ1) is 11.2. The van der Waals surface area contributed by atoms with Gasteiger partial charge in [0.1, 0.15) is 23.8 Å². The average molecular weight is 312 g/mol. The Morgan fingerprint density at radius 2 is 1.91 bits per heavy atom. The molecule has 1 saturated carbocycles. The summed E-state index contributed by atoms with van der Waals surface area (Å²) >= 11 is 0. The van der Waals surface area contributed by atoms with Crippen LogP contribution in [0.3, 0.4) is 0 Å². The molecule has 2 aromatic heterocycles. The number of hydrogen-bond acceptors (Lipinski definition) is 5. The van der Waals surface area contributed by atoms with Gasteiger partial charge in [-0.2, -0.15) is 0 Å². The van der Waals surface area contributed by atoms with E-state index in [4.69, 9.17) is 4.98 Å². The van der Waals surface area contributed by atoms with E-state index >= 15 is 0 Å². The second-order valence-electron chi connectivity index (χ2n) is 6.99. The Balaban J connectivity index is 1.40. The fourth-order valence-electron chi connectivity index (χ4n) is 3.38. The smallest absolute Gasteiger partial charge is 0.134 e. The van der Waals surface area contributed by atoms with Gasteiger partial charge in [0.05, 0.1) is 0 Å². The summed E-state index contributed by atoms with van der Waals surface area (Å²) in [5.41, 5.74) is 1.10. The van der Waals surface area contributed by atoms with E-state index in [-0.39, 0.29) is 0 Å². The van der Waals surface area contributed by atoms with Gasteiger partial charge in [-0.25, -0.2) is 9.97 Å². The van der Waals surface area contributed by atoms with Gasteiger partial charge in [-0.1, -0.05) is 0 Å². The molecule has 0 atom stereocenters. The van der Waals surface area contributed by atoms with Crippen LogP contribution >= 0.6 is 0 Å². The van der Waals surface area contributed by atoms with Crippen molar-refractivity contribution < 1.29 is 0 Å². The fourth-order valence-corrected chi connectivity index (χ4v) is 3.38. The molecular weight excluding hydrogens is 288 g/mol. The molecule has 23 heavy (non-hydrogen) atoms. The Hall–Kier alpha value is -1.98. The Labute approximate surface area is 137 Å². The van der Waals surface area contributed by atoms with Crippen LogP contribution in [0.1, 0.15) is 48.9 Å². The highest BCUT2D eigenvalue weighted by molar-refractivity contribution is 5.41. The second kappa shape index (κ2) is 5.91. The van der Waals surface area contributed by atoms with Crippen molar-refractivity contribution in [3.8, 4) is 0 Å². The maximum Gasteiger partial charge on any atom is 0.134 e. The normalized spacial score (nSPS) is 19.3. The van der Waals surface area contributed by atoms with Gasteiger partial charge in [0.2, 0.25) is 0 Å². The van der Waals surface area contributed by atoms with Gasteiger partial charge in [-0.15, -0.1) is 10.2 Å². The molecule has 2 fully saturated rings. The van der Waals surface area contributed by atoms with Crippen molar-refractivity contribution >= 4 is 5.82 Å². The number of nitrogens with zero attached hydrogens (tertiary/aromatic N) is 6. The van der Waals surface area contributed by atoms with Crippen molar-refractivity contribution in [3.63, 3.8) is 0 Å². The molecule has 6 heteroatoms. The van der Waals surface area contributed by atoms with Crippen LogP contribution in [0, 0.1) is 12.8 Å². The zero-order valence-electron chi connectivity index (χ0n) is 13.9. The molecule has 0 unspecified atom stereocenters. The zero-order chi connectivity index (χ0) is 15.8. The van der Waals surface area contributed by atoms with E-state index in [1.165, 1.54) is 25.7 Å². The summed E-state index contributed by atoms with van der Waals surface area (Å²) in [5, 5.41) is 8.19. The number of anilines is 1. The monoisotopic (exact) mass is 312 g/mol. The molecule has 0 bridgehead atoms. The molecule has 2 aromatic rings. The molecule has 1 aliphatic heterocycles. The van der Waals surface area contributed by atoms with Crippen molar-refractivity contribution in [2.24, 2.45) is 13.0 Å². The molecule has 122 valence electrons. The number of aryl methyl sites for hydroxylation is 2. The summed E-state index contributed by atoms with van der Waals surface area (Å²) in [4.78, 5) is 11.9. The van der Waals surface area contributed by atoms with Crippen molar-refractivity contribution in [2.75, 3.05) is 18.0 Å². The molecule has 0 amide bonds. The lowest BCUT2D eigenvalue weighted by molar-refractivity contribution is 0.391. The molecule has 0 aromatic carbocycles. The van der Waals surface area contributed by atoms with Crippen LogP contribution in [0.4, 0.5) is 5.82 Å². The first kappa shape index (κ1) is 14.6. The summed E-state index contributed by atoms with van der Waals surface area (Å²) < 4.78 is 2.03. The Bertz CT molecular complexity index is 682. The minimum absolute atomic E-state index is 0.613. The molecule has 0 spiro atoms.